The zero-order chi connectivity index (χ0) is 18.2. The van der Waals surface area contributed by atoms with Crippen molar-refractivity contribution in [3.05, 3.63) is 35.4 Å². The molecule has 3 N–H and O–H groups in total. The van der Waals surface area contributed by atoms with Gasteiger partial charge in [-0.05, 0) is 30.5 Å². The lowest BCUT2D eigenvalue weighted by molar-refractivity contribution is -0.139. The third kappa shape index (κ3) is 6.03. The lowest BCUT2D eigenvalue weighted by Gasteiger charge is -2.42. The minimum absolute atomic E-state index is 0.0535. The Hall–Kier alpha value is -2.12. The molecule has 7 heteroatoms. The molecule has 2 amide bonds. The average Bonchev–Trinajstić information content (AvgIpc) is 2.54. The summed E-state index contributed by atoms with van der Waals surface area (Å²) in [4.78, 5) is 24.8. The number of carboxylic acids is 1. The number of nitrogens with zero attached hydrogens (tertiary/aromatic N) is 1. The molecule has 1 fully saturated rings. The number of ether oxygens (including phenoxy) is 1. The van der Waals surface area contributed by atoms with Crippen molar-refractivity contribution in [3.63, 3.8) is 0 Å². The number of urea groups is 1. The third-order valence-electron chi connectivity index (χ3n) is 4.46. The quantitative estimate of drug-likeness (QED) is 0.629. The maximum atomic E-state index is 12.0. The van der Waals surface area contributed by atoms with Gasteiger partial charge < -0.3 is 20.5 Å². The number of likely N-dealkylation sites (N-methyl/N-ethyl adjacent to an activating group) is 1. The van der Waals surface area contributed by atoms with E-state index in [2.05, 4.69) is 10.6 Å². The number of hydrogen-bond acceptors (Lipinski definition) is 4. The zero-order valence-corrected chi connectivity index (χ0v) is 14.8. The van der Waals surface area contributed by atoms with Crippen LogP contribution in [-0.4, -0.2) is 54.3 Å². The molecule has 0 atom stereocenters. The second kappa shape index (κ2) is 9.39. The van der Waals surface area contributed by atoms with Crippen LogP contribution in [0.5, 0.6) is 0 Å². The Kier molecular flexibility index (Phi) is 7.21. The van der Waals surface area contributed by atoms with Crippen molar-refractivity contribution in [2.45, 2.75) is 45.0 Å². The molecule has 1 aromatic carbocycles. The molecule has 1 aromatic rings. The fourth-order valence-electron chi connectivity index (χ4n) is 3.09. The molecular weight excluding hydrogens is 322 g/mol. The second-order valence-electron chi connectivity index (χ2n) is 6.36. The number of aliphatic carboxylic acids is 1. The molecule has 0 unspecified atom stereocenters. The van der Waals surface area contributed by atoms with Gasteiger partial charge in [-0.15, -0.1) is 0 Å². The molecule has 0 heterocycles. The van der Waals surface area contributed by atoms with Crippen LogP contribution in [0.2, 0.25) is 0 Å². The Morgan fingerprint density at radius 2 is 2.04 bits per heavy atom. The van der Waals surface area contributed by atoms with E-state index in [1.165, 1.54) is 0 Å². The standard InChI is InChI=1S/C18H27N3O4/c1-3-21(11-17(22)23)16-8-15(9-16)20-18(24)19-10-13-5-4-6-14(7-13)12-25-2/h4-7,15-16H,3,8-12H2,1-2H3,(H,22,23)(H2,19,20,24). The molecule has 1 aliphatic rings. The summed E-state index contributed by atoms with van der Waals surface area (Å²) >= 11 is 0. The van der Waals surface area contributed by atoms with Gasteiger partial charge in [0.1, 0.15) is 0 Å². The van der Waals surface area contributed by atoms with E-state index < -0.39 is 5.97 Å². The number of benzene rings is 1. The number of nitrogens with one attached hydrogen (secondary N) is 2. The lowest BCUT2D eigenvalue weighted by Crippen LogP contribution is -2.56. The van der Waals surface area contributed by atoms with Gasteiger partial charge in [0.15, 0.2) is 0 Å². The van der Waals surface area contributed by atoms with E-state index in [1.54, 1.807) is 7.11 Å². The van der Waals surface area contributed by atoms with Gasteiger partial charge in [-0.3, -0.25) is 9.69 Å². The second-order valence-corrected chi connectivity index (χ2v) is 6.36. The summed E-state index contributed by atoms with van der Waals surface area (Å²) in [5.74, 6) is -0.813. The molecule has 138 valence electrons. The minimum Gasteiger partial charge on any atom is -0.480 e. The van der Waals surface area contributed by atoms with Crippen LogP contribution in [0.15, 0.2) is 24.3 Å². The number of hydrogen-bond donors (Lipinski definition) is 3. The monoisotopic (exact) mass is 349 g/mol. The van der Waals surface area contributed by atoms with E-state index in [1.807, 2.05) is 36.1 Å². The summed E-state index contributed by atoms with van der Waals surface area (Å²) in [6, 6.07) is 8.05. The highest BCUT2D eigenvalue weighted by atomic mass is 16.5. The first-order chi connectivity index (χ1) is 12.0. The molecule has 0 saturated heterocycles. The van der Waals surface area contributed by atoms with E-state index in [4.69, 9.17) is 9.84 Å². The van der Waals surface area contributed by atoms with Crippen LogP contribution in [0.1, 0.15) is 30.9 Å². The number of rotatable bonds is 9. The van der Waals surface area contributed by atoms with Gasteiger partial charge in [0.2, 0.25) is 0 Å². The Morgan fingerprint density at radius 1 is 1.32 bits per heavy atom. The highest BCUT2D eigenvalue weighted by Crippen LogP contribution is 2.25. The smallest absolute Gasteiger partial charge is 0.317 e. The fourth-order valence-corrected chi connectivity index (χ4v) is 3.09. The van der Waals surface area contributed by atoms with Crippen molar-refractivity contribution in [1.82, 2.24) is 15.5 Å². The first kappa shape index (κ1) is 19.2. The first-order valence-corrected chi connectivity index (χ1v) is 8.58. The van der Waals surface area contributed by atoms with Crippen LogP contribution in [-0.2, 0) is 22.7 Å². The van der Waals surface area contributed by atoms with Crippen LogP contribution in [0.3, 0.4) is 0 Å². The Labute approximate surface area is 148 Å². The molecule has 1 aliphatic carbocycles. The van der Waals surface area contributed by atoms with Gasteiger partial charge >= 0.3 is 12.0 Å². The van der Waals surface area contributed by atoms with E-state index in [0.717, 1.165) is 24.0 Å². The highest BCUT2D eigenvalue weighted by molar-refractivity contribution is 5.74. The van der Waals surface area contributed by atoms with Crippen LogP contribution in [0, 0.1) is 0 Å². The Morgan fingerprint density at radius 3 is 2.68 bits per heavy atom. The predicted molar refractivity (Wildman–Crippen MR) is 94.2 cm³/mol. The average molecular weight is 349 g/mol. The Bertz CT molecular complexity index is 587. The van der Waals surface area contributed by atoms with Gasteiger partial charge in [-0.2, -0.15) is 0 Å². The topological polar surface area (TPSA) is 90.9 Å². The van der Waals surface area contributed by atoms with Crippen LogP contribution >= 0.6 is 0 Å². The fraction of sp³-hybridized carbons (Fsp3) is 0.556. The van der Waals surface area contributed by atoms with Crippen molar-refractivity contribution in [1.29, 1.82) is 0 Å². The SMILES string of the molecule is CCN(CC(=O)O)C1CC(NC(=O)NCc2cccc(COC)c2)C1. The number of methoxy groups -OCH3 is 1. The maximum Gasteiger partial charge on any atom is 0.317 e. The largest absolute Gasteiger partial charge is 0.480 e. The van der Waals surface area contributed by atoms with Gasteiger partial charge in [0, 0.05) is 25.7 Å². The van der Waals surface area contributed by atoms with Gasteiger partial charge in [0.25, 0.3) is 0 Å². The molecule has 25 heavy (non-hydrogen) atoms. The van der Waals surface area contributed by atoms with E-state index in [-0.39, 0.29) is 24.7 Å². The van der Waals surface area contributed by atoms with Gasteiger partial charge in [-0.1, -0.05) is 31.2 Å². The van der Waals surface area contributed by atoms with Crippen LogP contribution < -0.4 is 10.6 Å². The van der Waals surface area contributed by atoms with E-state index in [0.29, 0.717) is 19.7 Å². The van der Waals surface area contributed by atoms with Crippen LogP contribution in [0.4, 0.5) is 4.79 Å². The molecule has 0 radical (unpaired) electrons. The van der Waals surface area contributed by atoms with Crippen molar-refractivity contribution in [2.24, 2.45) is 0 Å². The Balaban J connectivity index is 1.70. The minimum atomic E-state index is -0.813. The van der Waals surface area contributed by atoms with E-state index in [9.17, 15) is 9.59 Å². The predicted octanol–water partition coefficient (Wildman–Crippen LogP) is 1.57. The normalized spacial score (nSPS) is 19.3. The van der Waals surface area contributed by atoms with Gasteiger partial charge in [0.05, 0.1) is 13.2 Å². The maximum absolute atomic E-state index is 12.0. The summed E-state index contributed by atoms with van der Waals surface area (Å²) in [6.45, 7) is 3.72. The number of amides is 2. The molecule has 1 saturated carbocycles. The molecule has 2 rings (SSSR count). The summed E-state index contributed by atoms with van der Waals surface area (Å²) < 4.78 is 5.11. The molecule has 0 bridgehead atoms. The third-order valence-corrected chi connectivity index (χ3v) is 4.46. The lowest BCUT2D eigenvalue weighted by atomic mass is 9.85. The summed E-state index contributed by atoms with van der Waals surface area (Å²) in [6.07, 6.45) is 1.58. The van der Waals surface area contributed by atoms with Crippen molar-refractivity contribution in [3.8, 4) is 0 Å². The molecule has 7 nitrogen and oxygen atoms in total. The van der Waals surface area contributed by atoms with Crippen molar-refractivity contribution < 1.29 is 19.4 Å². The number of carboxylic acid groups (broad SMARTS) is 1. The molecule has 0 aliphatic heterocycles. The first-order valence-electron chi connectivity index (χ1n) is 8.58. The number of carbonyl (C=O) groups excluding carboxylic acids is 1. The van der Waals surface area contributed by atoms with Gasteiger partial charge in [-0.25, -0.2) is 4.79 Å². The molecular formula is C18H27N3O4. The molecule has 0 spiro atoms. The highest BCUT2D eigenvalue weighted by Gasteiger charge is 2.34. The van der Waals surface area contributed by atoms with Crippen molar-refractivity contribution in [2.75, 3.05) is 20.2 Å². The summed E-state index contributed by atoms with van der Waals surface area (Å²) in [5, 5.41) is 14.7. The van der Waals surface area contributed by atoms with Crippen molar-refractivity contribution >= 4 is 12.0 Å². The summed E-state index contributed by atoms with van der Waals surface area (Å²) in [7, 11) is 1.65. The molecule has 0 aromatic heterocycles. The van der Waals surface area contributed by atoms with E-state index >= 15 is 0 Å². The summed E-state index contributed by atoms with van der Waals surface area (Å²) in [5.41, 5.74) is 2.09. The zero-order valence-electron chi connectivity index (χ0n) is 14.8. The van der Waals surface area contributed by atoms with Crippen LogP contribution in [0.25, 0.3) is 0 Å². The number of carbonyl (C=O) groups is 2.